The zero-order chi connectivity index (χ0) is 22.7. The molecule has 5 heteroatoms. The normalized spacial score (nSPS) is 26.5. The molecule has 2 aliphatic rings. The largest absolute Gasteiger partial charge is 0.497 e. The molecule has 0 unspecified atom stereocenters. The molecule has 4 atom stereocenters. The first-order chi connectivity index (χ1) is 15.5. The van der Waals surface area contributed by atoms with Gasteiger partial charge in [0.1, 0.15) is 12.5 Å². The number of ether oxygens (including phenoxy) is 4. The topological polar surface area (TPSA) is 40.2 Å². The zero-order valence-corrected chi connectivity index (χ0v) is 20.1. The summed E-state index contributed by atoms with van der Waals surface area (Å²) in [6.07, 6.45) is 3.45. The van der Waals surface area contributed by atoms with Crippen LogP contribution in [0.5, 0.6) is 5.75 Å². The molecule has 0 heterocycles. The highest BCUT2D eigenvalue weighted by molar-refractivity contribution is 5.52. The van der Waals surface area contributed by atoms with Gasteiger partial charge in [-0.25, -0.2) is 0 Å². The first kappa shape index (κ1) is 23.1. The smallest absolute Gasteiger partial charge is 0.147 e. The van der Waals surface area contributed by atoms with E-state index in [1.165, 1.54) is 22.4 Å². The van der Waals surface area contributed by atoms with Crippen LogP contribution in [0, 0.1) is 5.41 Å². The lowest BCUT2D eigenvalue weighted by molar-refractivity contribution is -0.128. The molecule has 0 N–H and O–H groups in total. The van der Waals surface area contributed by atoms with Crippen LogP contribution < -0.4 is 9.64 Å². The van der Waals surface area contributed by atoms with Crippen molar-refractivity contribution in [3.05, 3.63) is 59.2 Å². The summed E-state index contributed by atoms with van der Waals surface area (Å²) < 4.78 is 22.6. The summed E-state index contributed by atoms with van der Waals surface area (Å²) in [5.74, 6) is 1.74. The summed E-state index contributed by atoms with van der Waals surface area (Å²) in [7, 11) is 7.60. The van der Waals surface area contributed by atoms with Crippen LogP contribution in [-0.4, -0.2) is 54.4 Å². The maximum Gasteiger partial charge on any atom is 0.147 e. The minimum atomic E-state index is 0.0666. The molecule has 2 aromatic carbocycles. The average molecular weight is 440 g/mol. The van der Waals surface area contributed by atoms with Crippen molar-refractivity contribution in [2.24, 2.45) is 5.41 Å². The van der Waals surface area contributed by atoms with Crippen molar-refractivity contribution in [1.29, 1.82) is 0 Å². The van der Waals surface area contributed by atoms with Crippen molar-refractivity contribution >= 4 is 5.69 Å². The van der Waals surface area contributed by atoms with Crippen LogP contribution in [-0.2, 0) is 14.2 Å². The SMILES string of the molecule is COCCOCO[C@@H]1CC[C@H]2c3ccc(OC)cc3[C@@H](c3ccc(N(C)C)cc3)C[C@]12C. The predicted octanol–water partition coefficient (Wildman–Crippen LogP) is 5.19. The summed E-state index contributed by atoms with van der Waals surface area (Å²) in [6.45, 7) is 3.90. The number of nitrogens with zero attached hydrogens (tertiary/aromatic N) is 1. The van der Waals surface area contributed by atoms with Gasteiger partial charge in [-0.05, 0) is 66.1 Å². The third-order valence-corrected chi connectivity index (χ3v) is 7.53. The average Bonchev–Trinajstić information content (AvgIpc) is 3.14. The molecule has 0 aromatic heterocycles. The van der Waals surface area contributed by atoms with Crippen molar-refractivity contribution in [3.63, 3.8) is 0 Å². The van der Waals surface area contributed by atoms with Crippen molar-refractivity contribution < 1.29 is 18.9 Å². The van der Waals surface area contributed by atoms with E-state index in [0.29, 0.717) is 31.8 Å². The molecule has 4 rings (SSSR count). The quantitative estimate of drug-likeness (QED) is 0.397. The molecule has 1 saturated carbocycles. The number of hydrogen-bond donors (Lipinski definition) is 0. The standard InChI is InChI=1S/C27H37NO4/c1-27-17-24(19-6-8-20(9-7-19)28(2)3)23-16-21(30-5)10-11-22(23)25(27)12-13-26(27)32-18-31-15-14-29-4/h6-11,16,24-26H,12-15,17-18H2,1-5H3/t24-,25+,26-,27+/m1/s1. The van der Waals surface area contributed by atoms with E-state index in [9.17, 15) is 0 Å². The van der Waals surface area contributed by atoms with E-state index < -0.39 is 0 Å². The van der Waals surface area contributed by atoms with Gasteiger partial charge < -0.3 is 23.8 Å². The Morgan fingerprint density at radius 1 is 0.969 bits per heavy atom. The summed E-state index contributed by atoms with van der Waals surface area (Å²) in [4.78, 5) is 2.14. The molecule has 0 amide bonds. The Hall–Kier alpha value is -2.08. The van der Waals surface area contributed by atoms with Gasteiger partial charge in [0.15, 0.2) is 0 Å². The Kier molecular flexibility index (Phi) is 7.08. The van der Waals surface area contributed by atoms with Crippen LogP contribution in [0.15, 0.2) is 42.5 Å². The van der Waals surface area contributed by atoms with E-state index in [2.05, 4.69) is 68.4 Å². The van der Waals surface area contributed by atoms with Crippen LogP contribution >= 0.6 is 0 Å². The Balaban J connectivity index is 1.64. The van der Waals surface area contributed by atoms with Gasteiger partial charge in [-0.2, -0.15) is 0 Å². The monoisotopic (exact) mass is 439 g/mol. The van der Waals surface area contributed by atoms with Crippen LogP contribution in [0.3, 0.4) is 0 Å². The lowest BCUT2D eigenvalue weighted by atomic mass is 9.61. The predicted molar refractivity (Wildman–Crippen MR) is 128 cm³/mol. The Bertz CT molecular complexity index is 897. The number of fused-ring (bicyclic) bond motifs is 3. The van der Waals surface area contributed by atoms with Crippen LogP contribution in [0.4, 0.5) is 5.69 Å². The molecule has 5 nitrogen and oxygen atoms in total. The van der Waals surface area contributed by atoms with Gasteiger partial charge in [0.25, 0.3) is 0 Å². The molecule has 0 bridgehead atoms. The minimum Gasteiger partial charge on any atom is -0.497 e. The van der Waals surface area contributed by atoms with Gasteiger partial charge in [-0.3, -0.25) is 0 Å². The highest BCUT2D eigenvalue weighted by Crippen LogP contribution is 2.61. The fraction of sp³-hybridized carbons (Fsp3) is 0.556. The fourth-order valence-corrected chi connectivity index (χ4v) is 5.74. The van der Waals surface area contributed by atoms with Gasteiger partial charge in [0.2, 0.25) is 0 Å². The van der Waals surface area contributed by atoms with Gasteiger partial charge in [-0.15, -0.1) is 0 Å². The van der Waals surface area contributed by atoms with Crippen molar-refractivity contribution in [3.8, 4) is 5.75 Å². The summed E-state index contributed by atoms with van der Waals surface area (Å²) in [5, 5.41) is 0. The van der Waals surface area contributed by atoms with E-state index >= 15 is 0 Å². The van der Waals surface area contributed by atoms with E-state index in [1.807, 2.05) is 0 Å². The van der Waals surface area contributed by atoms with E-state index in [4.69, 9.17) is 18.9 Å². The number of hydrogen-bond acceptors (Lipinski definition) is 5. The van der Waals surface area contributed by atoms with E-state index in [1.54, 1.807) is 14.2 Å². The van der Waals surface area contributed by atoms with E-state index in [-0.39, 0.29) is 11.5 Å². The summed E-state index contributed by atoms with van der Waals surface area (Å²) in [5.41, 5.74) is 5.49. The van der Waals surface area contributed by atoms with Crippen LogP contribution in [0.25, 0.3) is 0 Å². The Labute approximate surface area is 192 Å². The lowest BCUT2D eigenvalue weighted by Gasteiger charge is -2.45. The molecule has 0 spiro atoms. The first-order valence-electron chi connectivity index (χ1n) is 11.6. The highest BCUT2D eigenvalue weighted by Gasteiger charge is 2.52. The van der Waals surface area contributed by atoms with Gasteiger partial charge in [0, 0.05) is 38.2 Å². The first-order valence-corrected chi connectivity index (χ1v) is 11.6. The molecule has 2 aliphatic carbocycles. The maximum absolute atomic E-state index is 6.31. The van der Waals surface area contributed by atoms with E-state index in [0.717, 1.165) is 25.0 Å². The molecule has 174 valence electrons. The molecule has 1 fully saturated rings. The van der Waals surface area contributed by atoms with Gasteiger partial charge in [0.05, 0.1) is 26.4 Å². The number of benzene rings is 2. The lowest BCUT2D eigenvalue weighted by Crippen LogP contribution is -2.39. The van der Waals surface area contributed by atoms with Gasteiger partial charge in [-0.1, -0.05) is 25.1 Å². The summed E-state index contributed by atoms with van der Waals surface area (Å²) in [6, 6.07) is 15.7. The van der Waals surface area contributed by atoms with Crippen LogP contribution in [0.1, 0.15) is 54.7 Å². The molecule has 32 heavy (non-hydrogen) atoms. The second-order valence-electron chi connectivity index (χ2n) is 9.55. The highest BCUT2D eigenvalue weighted by atomic mass is 16.7. The number of rotatable bonds is 9. The van der Waals surface area contributed by atoms with Crippen molar-refractivity contribution in [1.82, 2.24) is 0 Å². The molecular weight excluding hydrogens is 402 g/mol. The van der Waals surface area contributed by atoms with Crippen molar-refractivity contribution in [2.75, 3.05) is 53.2 Å². The van der Waals surface area contributed by atoms with Crippen LogP contribution in [0.2, 0.25) is 0 Å². The fourth-order valence-electron chi connectivity index (χ4n) is 5.74. The van der Waals surface area contributed by atoms with Gasteiger partial charge >= 0.3 is 0 Å². The number of anilines is 1. The second-order valence-corrected chi connectivity index (χ2v) is 9.55. The number of methoxy groups -OCH3 is 2. The Morgan fingerprint density at radius 3 is 2.44 bits per heavy atom. The molecular formula is C27H37NO4. The second kappa shape index (κ2) is 9.82. The maximum atomic E-state index is 6.31. The molecule has 0 aliphatic heterocycles. The zero-order valence-electron chi connectivity index (χ0n) is 20.1. The third-order valence-electron chi connectivity index (χ3n) is 7.53. The Morgan fingerprint density at radius 2 is 1.75 bits per heavy atom. The third kappa shape index (κ3) is 4.39. The summed E-state index contributed by atoms with van der Waals surface area (Å²) >= 11 is 0. The molecule has 0 radical (unpaired) electrons. The van der Waals surface area contributed by atoms with Crippen molar-refractivity contribution in [2.45, 2.75) is 44.1 Å². The molecule has 2 aromatic rings. The minimum absolute atomic E-state index is 0.0666. The molecule has 0 saturated heterocycles.